The third-order valence-electron chi connectivity index (χ3n) is 3.11. The van der Waals surface area contributed by atoms with Crippen LogP contribution in [0.15, 0.2) is 24.3 Å². The molecular weight excluding hydrogens is 212 g/mol. The normalized spacial score (nSPS) is 21.2. The molecule has 1 fully saturated rings. The van der Waals surface area contributed by atoms with Gasteiger partial charge in [-0.3, -0.25) is 0 Å². The van der Waals surface area contributed by atoms with E-state index in [9.17, 15) is 0 Å². The molecule has 17 heavy (non-hydrogen) atoms. The molecule has 0 amide bonds. The van der Waals surface area contributed by atoms with Crippen LogP contribution in [0.1, 0.15) is 45.6 Å². The van der Waals surface area contributed by atoms with Gasteiger partial charge in [0.05, 0.1) is 6.61 Å². The average molecular weight is 234 g/mol. The summed E-state index contributed by atoms with van der Waals surface area (Å²) in [6, 6.07) is 8.33. The van der Waals surface area contributed by atoms with Crippen LogP contribution in [0.25, 0.3) is 0 Å². The highest BCUT2D eigenvalue weighted by atomic mass is 16.7. The van der Waals surface area contributed by atoms with Crippen LogP contribution >= 0.6 is 0 Å². The van der Waals surface area contributed by atoms with Crippen molar-refractivity contribution in [1.82, 2.24) is 0 Å². The SMILES string of the molecule is CC(C)(C)c1cccc(OC2CCCCO2)c1. The summed E-state index contributed by atoms with van der Waals surface area (Å²) in [6.45, 7) is 7.46. The molecule has 0 aromatic heterocycles. The molecule has 94 valence electrons. The molecule has 1 saturated heterocycles. The molecule has 0 spiro atoms. The second-order valence-electron chi connectivity index (χ2n) is 5.69. The Morgan fingerprint density at radius 3 is 2.71 bits per heavy atom. The fourth-order valence-corrected chi connectivity index (χ4v) is 1.99. The summed E-state index contributed by atoms with van der Waals surface area (Å²) in [5.41, 5.74) is 1.46. The second kappa shape index (κ2) is 5.09. The van der Waals surface area contributed by atoms with Crippen LogP contribution in [-0.4, -0.2) is 12.9 Å². The first-order chi connectivity index (χ1) is 8.05. The summed E-state index contributed by atoms with van der Waals surface area (Å²) < 4.78 is 11.5. The van der Waals surface area contributed by atoms with Crippen LogP contribution in [0.4, 0.5) is 0 Å². The molecule has 1 atom stereocenters. The highest BCUT2D eigenvalue weighted by molar-refractivity contribution is 5.32. The van der Waals surface area contributed by atoms with E-state index in [-0.39, 0.29) is 11.7 Å². The van der Waals surface area contributed by atoms with Crippen molar-refractivity contribution in [3.63, 3.8) is 0 Å². The lowest BCUT2D eigenvalue weighted by Crippen LogP contribution is -2.25. The Morgan fingerprint density at radius 1 is 1.24 bits per heavy atom. The van der Waals surface area contributed by atoms with Gasteiger partial charge in [0.25, 0.3) is 0 Å². The first-order valence-corrected chi connectivity index (χ1v) is 6.44. The third kappa shape index (κ3) is 3.47. The van der Waals surface area contributed by atoms with Crippen molar-refractivity contribution in [2.24, 2.45) is 0 Å². The lowest BCUT2D eigenvalue weighted by atomic mass is 9.87. The van der Waals surface area contributed by atoms with Crippen molar-refractivity contribution in [2.45, 2.75) is 51.7 Å². The van der Waals surface area contributed by atoms with Gasteiger partial charge < -0.3 is 9.47 Å². The zero-order valence-corrected chi connectivity index (χ0v) is 11.0. The maximum Gasteiger partial charge on any atom is 0.199 e. The summed E-state index contributed by atoms with van der Waals surface area (Å²) in [6.07, 6.45) is 3.30. The zero-order chi connectivity index (χ0) is 12.3. The number of ether oxygens (including phenoxy) is 2. The van der Waals surface area contributed by atoms with E-state index in [1.807, 2.05) is 6.07 Å². The molecule has 1 heterocycles. The van der Waals surface area contributed by atoms with Gasteiger partial charge in [0.2, 0.25) is 0 Å². The van der Waals surface area contributed by atoms with E-state index >= 15 is 0 Å². The van der Waals surface area contributed by atoms with E-state index in [1.54, 1.807) is 0 Å². The minimum atomic E-state index is -0.0565. The van der Waals surface area contributed by atoms with E-state index in [4.69, 9.17) is 9.47 Å². The Balaban J connectivity index is 2.05. The highest BCUT2D eigenvalue weighted by Crippen LogP contribution is 2.27. The lowest BCUT2D eigenvalue weighted by Gasteiger charge is -2.25. The predicted molar refractivity (Wildman–Crippen MR) is 69.4 cm³/mol. The molecule has 2 heteroatoms. The van der Waals surface area contributed by atoms with Crippen molar-refractivity contribution >= 4 is 0 Å². The molecule has 1 aliphatic heterocycles. The van der Waals surface area contributed by atoms with E-state index in [2.05, 4.69) is 39.0 Å². The van der Waals surface area contributed by atoms with Gasteiger partial charge in [-0.25, -0.2) is 0 Å². The van der Waals surface area contributed by atoms with E-state index in [0.29, 0.717) is 0 Å². The molecule has 0 saturated carbocycles. The summed E-state index contributed by atoms with van der Waals surface area (Å²) >= 11 is 0. The van der Waals surface area contributed by atoms with Crippen LogP contribution < -0.4 is 4.74 Å². The highest BCUT2D eigenvalue weighted by Gasteiger charge is 2.17. The van der Waals surface area contributed by atoms with Crippen LogP contribution in [0.5, 0.6) is 5.75 Å². The van der Waals surface area contributed by atoms with E-state index < -0.39 is 0 Å². The van der Waals surface area contributed by atoms with E-state index in [1.165, 1.54) is 12.0 Å². The fourth-order valence-electron chi connectivity index (χ4n) is 1.99. The first kappa shape index (κ1) is 12.4. The van der Waals surface area contributed by atoms with Crippen molar-refractivity contribution in [1.29, 1.82) is 0 Å². The Bertz CT molecular complexity index is 359. The number of hydrogen-bond acceptors (Lipinski definition) is 2. The van der Waals surface area contributed by atoms with Crippen molar-refractivity contribution in [3.8, 4) is 5.75 Å². The minimum absolute atomic E-state index is 0.0565. The predicted octanol–water partition coefficient (Wildman–Crippen LogP) is 3.89. The summed E-state index contributed by atoms with van der Waals surface area (Å²) in [7, 11) is 0. The Kier molecular flexibility index (Phi) is 3.72. The van der Waals surface area contributed by atoms with Gasteiger partial charge in [-0.1, -0.05) is 32.9 Å². The molecular formula is C15H22O2. The number of rotatable bonds is 2. The zero-order valence-electron chi connectivity index (χ0n) is 11.0. The monoisotopic (exact) mass is 234 g/mol. The summed E-state index contributed by atoms with van der Waals surface area (Å²) in [5, 5.41) is 0. The maximum atomic E-state index is 5.87. The Hall–Kier alpha value is -1.02. The van der Waals surface area contributed by atoms with Gasteiger partial charge in [0.1, 0.15) is 5.75 Å². The Morgan fingerprint density at radius 2 is 2.06 bits per heavy atom. The molecule has 1 unspecified atom stereocenters. The van der Waals surface area contributed by atoms with Gasteiger partial charge in [0, 0.05) is 6.42 Å². The smallest absolute Gasteiger partial charge is 0.199 e. The minimum Gasteiger partial charge on any atom is -0.465 e. The van der Waals surface area contributed by atoms with Crippen LogP contribution in [0.3, 0.4) is 0 Å². The van der Waals surface area contributed by atoms with Crippen molar-refractivity contribution in [2.75, 3.05) is 6.61 Å². The van der Waals surface area contributed by atoms with Crippen LogP contribution in [0.2, 0.25) is 0 Å². The maximum absolute atomic E-state index is 5.87. The molecule has 1 aromatic rings. The van der Waals surface area contributed by atoms with Gasteiger partial charge >= 0.3 is 0 Å². The summed E-state index contributed by atoms with van der Waals surface area (Å²) in [4.78, 5) is 0. The standard InChI is InChI=1S/C15H22O2/c1-15(2,3)12-7-6-8-13(11-12)17-14-9-4-5-10-16-14/h6-8,11,14H,4-5,9-10H2,1-3H3. The summed E-state index contributed by atoms with van der Waals surface area (Å²) in [5.74, 6) is 0.921. The van der Waals surface area contributed by atoms with Gasteiger partial charge in [0.15, 0.2) is 6.29 Å². The molecule has 0 aliphatic carbocycles. The quantitative estimate of drug-likeness (QED) is 0.773. The van der Waals surface area contributed by atoms with Crippen molar-refractivity contribution < 1.29 is 9.47 Å². The molecule has 1 aliphatic rings. The van der Waals surface area contributed by atoms with Gasteiger partial charge in [-0.15, -0.1) is 0 Å². The van der Waals surface area contributed by atoms with Gasteiger partial charge in [-0.05, 0) is 36.0 Å². The van der Waals surface area contributed by atoms with Crippen molar-refractivity contribution in [3.05, 3.63) is 29.8 Å². The van der Waals surface area contributed by atoms with Gasteiger partial charge in [-0.2, -0.15) is 0 Å². The number of benzene rings is 1. The van der Waals surface area contributed by atoms with Crippen LogP contribution in [0, 0.1) is 0 Å². The molecule has 0 bridgehead atoms. The molecule has 2 nitrogen and oxygen atoms in total. The topological polar surface area (TPSA) is 18.5 Å². The Labute approximate surface area is 104 Å². The third-order valence-corrected chi connectivity index (χ3v) is 3.11. The lowest BCUT2D eigenvalue weighted by molar-refractivity contribution is -0.105. The van der Waals surface area contributed by atoms with E-state index in [0.717, 1.165) is 25.2 Å². The molecule has 0 radical (unpaired) electrons. The second-order valence-corrected chi connectivity index (χ2v) is 5.69. The molecule has 0 N–H and O–H groups in total. The molecule has 2 rings (SSSR count). The number of hydrogen-bond donors (Lipinski definition) is 0. The molecule has 1 aromatic carbocycles. The fraction of sp³-hybridized carbons (Fsp3) is 0.600. The first-order valence-electron chi connectivity index (χ1n) is 6.44. The average Bonchev–Trinajstić information content (AvgIpc) is 2.29. The van der Waals surface area contributed by atoms with Crippen LogP contribution in [-0.2, 0) is 10.2 Å². The largest absolute Gasteiger partial charge is 0.465 e.